The van der Waals surface area contributed by atoms with Gasteiger partial charge in [0, 0.05) is 26.7 Å². The Bertz CT molecular complexity index is 870. The molecule has 4 fully saturated rings. The standard InChI is InChI=1S/C33H58O9/c1-9-22-25-15-21(40-17-36-5)12-13-32(25,3)26-16-28(41-18-37-6)33(4)23(20(2)14-27(34)31(35)39-8)10-11-24(33)29(26)30(22)42-19-38-7/h20-30,34H,9-19H2,1-8H3/t20-,21-,22-,23-,24?,25+,26?,27+,28+,29?,30-,32+,33-/m1/s1. The highest BCUT2D eigenvalue weighted by molar-refractivity contribution is 5.74. The summed E-state index contributed by atoms with van der Waals surface area (Å²) in [6, 6.07) is 0. The van der Waals surface area contributed by atoms with Gasteiger partial charge in [0.1, 0.15) is 20.4 Å². The van der Waals surface area contributed by atoms with Crippen LogP contribution in [0.5, 0.6) is 0 Å². The third-order valence-corrected chi connectivity index (χ3v) is 12.4. The summed E-state index contributed by atoms with van der Waals surface area (Å²) in [5.41, 5.74) is -0.00407. The van der Waals surface area contributed by atoms with Crippen LogP contribution in [0, 0.1) is 52.3 Å². The largest absolute Gasteiger partial charge is 0.467 e. The fourth-order valence-corrected chi connectivity index (χ4v) is 10.7. The molecule has 0 saturated heterocycles. The van der Waals surface area contributed by atoms with Gasteiger partial charge < -0.3 is 38.3 Å². The van der Waals surface area contributed by atoms with Crippen LogP contribution in [0.2, 0.25) is 0 Å². The van der Waals surface area contributed by atoms with Gasteiger partial charge in [0.15, 0.2) is 6.10 Å². The first kappa shape index (κ1) is 34.1. The normalized spacial score (nSPS) is 42.7. The molecule has 4 rings (SSSR count). The first-order chi connectivity index (χ1) is 20.1. The molecule has 4 aliphatic rings. The Labute approximate surface area is 253 Å². The number of hydrogen-bond acceptors (Lipinski definition) is 9. The van der Waals surface area contributed by atoms with Crippen LogP contribution in [-0.4, -0.2) is 84.3 Å². The van der Waals surface area contributed by atoms with E-state index in [1.54, 1.807) is 21.3 Å². The van der Waals surface area contributed by atoms with Crippen LogP contribution in [-0.2, 0) is 38.0 Å². The van der Waals surface area contributed by atoms with E-state index in [1.165, 1.54) is 7.11 Å². The number of hydrogen-bond donors (Lipinski definition) is 1. The summed E-state index contributed by atoms with van der Waals surface area (Å²) in [6.45, 7) is 10.3. The van der Waals surface area contributed by atoms with Crippen LogP contribution in [0.25, 0.3) is 0 Å². The lowest BCUT2D eigenvalue weighted by Gasteiger charge is -2.66. The average molecular weight is 599 g/mol. The molecule has 9 nitrogen and oxygen atoms in total. The molecule has 3 unspecified atom stereocenters. The predicted octanol–water partition coefficient (Wildman–Crippen LogP) is 5.03. The number of methoxy groups -OCH3 is 4. The Morgan fingerprint density at radius 1 is 0.881 bits per heavy atom. The van der Waals surface area contributed by atoms with Gasteiger partial charge in [0.05, 0.1) is 25.4 Å². The van der Waals surface area contributed by atoms with Gasteiger partial charge in [0.25, 0.3) is 0 Å². The summed E-state index contributed by atoms with van der Waals surface area (Å²) < 4.78 is 40.6. The fraction of sp³-hybridized carbons (Fsp3) is 0.970. The minimum atomic E-state index is -1.12. The highest BCUT2D eigenvalue weighted by Crippen LogP contribution is 2.70. The number of esters is 1. The van der Waals surface area contributed by atoms with E-state index in [2.05, 4.69) is 27.7 Å². The second kappa shape index (κ2) is 14.5. The second-order valence-electron chi connectivity index (χ2n) is 14.1. The molecule has 0 aromatic heterocycles. The van der Waals surface area contributed by atoms with E-state index in [4.69, 9.17) is 33.2 Å². The summed E-state index contributed by atoms with van der Waals surface area (Å²) in [5.74, 6) is 1.92. The molecule has 13 atom stereocenters. The summed E-state index contributed by atoms with van der Waals surface area (Å²) in [6.07, 6.45) is 6.85. The van der Waals surface area contributed by atoms with E-state index < -0.39 is 12.1 Å². The van der Waals surface area contributed by atoms with Crippen molar-refractivity contribution in [1.82, 2.24) is 0 Å². The molecule has 0 amide bonds. The molecule has 42 heavy (non-hydrogen) atoms. The van der Waals surface area contributed by atoms with E-state index >= 15 is 0 Å². The lowest BCUT2D eigenvalue weighted by atomic mass is 9.40. The van der Waals surface area contributed by atoms with Gasteiger partial charge in [-0.1, -0.05) is 34.1 Å². The van der Waals surface area contributed by atoms with Gasteiger partial charge in [-0.15, -0.1) is 0 Å². The highest BCUT2D eigenvalue weighted by atomic mass is 16.7. The molecule has 0 aliphatic heterocycles. The fourth-order valence-electron chi connectivity index (χ4n) is 10.7. The molecule has 244 valence electrons. The Morgan fingerprint density at radius 3 is 2.19 bits per heavy atom. The lowest BCUT2D eigenvalue weighted by Crippen LogP contribution is -2.66. The molecule has 1 N–H and O–H groups in total. The van der Waals surface area contributed by atoms with Crippen LogP contribution >= 0.6 is 0 Å². The zero-order valence-corrected chi connectivity index (χ0v) is 27.3. The smallest absolute Gasteiger partial charge is 0.334 e. The Morgan fingerprint density at radius 2 is 1.55 bits per heavy atom. The SMILES string of the molecule is CC[C@H]1[C@@H](OCOC)C2C3CC[C@H]([C@H](C)C[C@H](O)C(=O)OC)[C@@]3(C)[C@@H](OCOC)CC2[C@@]2(C)CC[C@@H](OCOC)C[C@@H]12. The third-order valence-electron chi connectivity index (χ3n) is 12.4. The Hall–Kier alpha value is -0.810. The van der Waals surface area contributed by atoms with Crippen molar-refractivity contribution in [3.63, 3.8) is 0 Å². The maximum Gasteiger partial charge on any atom is 0.334 e. The van der Waals surface area contributed by atoms with Gasteiger partial charge in [-0.05, 0) is 91.8 Å². The van der Waals surface area contributed by atoms with Gasteiger partial charge >= 0.3 is 5.97 Å². The van der Waals surface area contributed by atoms with E-state index in [0.717, 1.165) is 44.9 Å². The zero-order valence-electron chi connectivity index (χ0n) is 27.3. The summed E-state index contributed by atoms with van der Waals surface area (Å²) in [4.78, 5) is 12.1. The van der Waals surface area contributed by atoms with Crippen LogP contribution < -0.4 is 0 Å². The zero-order chi connectivity index (χ0) is 30.7. The van der Waals surface area contributed by atoms with Crippen molar-refractivity contribution < 1.29 is 43.1 Å². The van der Waals surface area contributed by atoms with E-state index in [0.29, 0.717) is 42.8 Å². The van der Waals surface area contributed by atoms with Crippen LogP contribution in [0.3, 0.4) is 0 Å². The number of fused-ring (bicyclic) bond motifs is 5. The molecule has 4 saturated carbocycles. The van der Waals surface area contributed by atoms with Gasteiger partial charge in [-0.3, -0.25) is 0 Å². The Kier molecular flexibility index (Phi) is 11.8. The minimum Gasteiger partial charge on any atom is -0.467 e. The number of carbonyl (C=O) groups is 1. The molecular weight excluding hydrogens is 540 g/mol. The average Bonchev–Trinajstić information content (AvgIpc) is 3.35. The maximum absolute atomic E-state index is 12.1. The quantitative estimate of drug-likeness (QED) is 0.218. The van der Waals surface area contributed by atoms with Crippen LogP contribution in [0.1, 0.15) is 79.1 Å². The number of rotatable bonds is 14. The molecule has 4 aliphatic carbocycles. The van der Waals surface area contributed by atoms with Crippen molar-refractivity contribution >= 4 is 5.97 Å². The molecule has 0 spiro atoms. The number of aliphatic hydroxyl groups is 1. The maximum atomic E-state index is 12.1. The molecule has 0 aromatic carbocycles. The molecular formula is C33H58O9. The van der Waals surface area contributed by atoms with E-state index in [1.807, 2.05) is 0 Å². The summed E-state index contributed by atoms with van der Waals surface area (Å²) >= 11 is 0. The van der Waals surface area contributed by atoms with Crippen LogP contribution in [0.15, 0.2) is 0 Å². The molecule has 0 heterocycles. The number of aliphatic hydroxyl groups excluding tert-OH is 1. The van der Waals surface area contributed by atoms with E-state index in [9.17, 15) is 9.90 Å². The minimum absolute atomic E-state index is 0.00936. The van der Waals surface area contributed by atoms with Gasteiger partial charge in [-0.2, -0.15) is 0 Å². The summed E-state index contributed by atoms with van der Waals surface area (Å²) in [7, 11) is 6.41. The second-order valence-corrected chi connectivity index (χ2v) is 14.1. The Balaban J connectivity index is 1.72. The monoisotopic (exact) mass is 598 g/mol. The third kappa shape index (κ3) is 6.18. The first-order valence-corrected chi connectivity index (χ1v) is 16.2. The lowest BCUT2D eigenvalue weighted by molar-refractivity contribution is -0.267. The van der Waals surface area contributed by atoms with Gasteiger partial charge in [-0.25, -0.2) is 4.79 Å². The summed E-state index contributed by atoms with van der Waals surface area (Å²) in [5, 5.41) is 10.6. The van der Waals surface area contributed by atoms with Crippen molar-refractivity contribution in [2.45, 2.75) is 103 Å². The van der Waals surface area contributed by atoms with Crippen molar-refractivity contribution in [3.05, 3.63) is 0 Å². The van der Waals surface area contributed by atoms with Crippen molar-refractivity contribution in [1.29, 1.82) is 0 Å². The first-order valence-electron chi connectivity index (χ1n) is 16.2. The number of ether oxygens (including phenoxy) is 7. The molecule has 0 radical (unpaired) electrons. The van der Waals surface area contributed by atoms with Crippen molar-refractivity contribution in [2.75, 3.05) is 48.8 Å². The molecule has 9 heteroatoms. The van der Waals surface area contributed by atoms with Gasteiger partial charge in [0.2, 0.25) is 0 Å². The molecule has 0 bridgehead atoms. The topological polar surface area (TPSA) is 102 Å². The molecule has 0 aromatic rings. The predicted molar refractivity (Wildman–Crippen MR) is 157 cm³/mol. The van der Waals surface area contributed by atoms with Crippen molar-refractivity contribution in [3.8, 4) is 0 Å². The van der Waals surface area contributed by atoms with E-state index in [-0.39, 0.29) is 54.6 Å². The number of carbonyl (C=O) groups excluding carboxylic acids is 1. The van der Waals surface area contributed by atoms with Crippen molar-refractivity contribution in [2.24, 2.45) is 52.3 Å². The highest BCUT2D eigenvalue weighted by Gasteiger charge is 2.68. The van der Waals surface area contributed by atoms with Crippen LogP contribution in [0.4, 0.5) is 0 Å².